The summed E-state index contributed by atoms with van der Waals surface area (Å²) in [7, 11) is 0. The van der Waals surface area contributed by atoms with Crippen molar-refractivity contribution in [2.45, 2.75) is 247 Å². The molecule has 0 unspecified atom stereocenters. The van der Waals surface area contributed by atoms with Crippen LogP contribution in [-0.2, 0) is 26.1 Å². The molecule has 0 fully saturated rings. The Labute approximate surface area is 436 Å². The summed E-state index contributed by atoms with van der Waals surface area (Å²) in [4.78, 5) is 10.2. The fraction of sp³-hybridized carbons (Fsp3) is 0.667. The second-order valence-corrected chi connectivity index (χ2v) is 24.1. The van der Waals surface area contributed by atoms with Crippen molar-refractivity contribution < 1.29 is 52.0 Å². The molecule has 0 saturated carbocycles. The molecule has 0 amide bonds. The van der Waals surface area contributed by atoms with Gasteiger partial charge in [-0.25, -0.2) is 0 Å². The van der Waals surface area contributed by atoms with E-state index in [4.69, 9.17) is 23.9 Å². The van der Waals surface area contributed by atoms with E-state index >= 15 is 0 Å². The van der Waals surface area contributed by atoms with Crippen molar-refractivity contribution in [2.75, 3.05) is 13.2 Å². The van der Waals surface area contributed by atoms with E-state index in [1.807, 2.05) is 24.3 Å². The fourth-order valence-electron chi connectivity index (χ4n) is 8.31. The first-order valence-electron chi connectivity index (χ1n) is 26.8. The Morgan fingerprint density at radius 2 is 0.710 bits per heavy atom. The van der Waals surface area contributed by atoms with Gasteiger partial charge in [0, 0.05) is 46.8 Å². The molecular formula is C60H96N2O6U. The van der Waals surface area contributed by atoms with Crippen molar-refractivity contribution in [1.82, 2.24) is 0 Å². The van der Waals surface area contributed by atoms with E-state index in [1.54, 1.807) is 12.4 Å². The summed E-state index contributed by atoms with van der Waals surface area (Å²) in [5.41, 5.74) is 5.70. The molecule has 8 nitrogen and oxygen atoms in total. The summed E-state index contributed by atoms with van der Waals surface area (Å²) in [6.45, 7) is 31.7. The van der Waals surface area contributed by atoms with Crippen molar-refractivity contribution >= 4 is 23.8 Å². The number of phenols is 2. The summed E-state index contributed by atoms with van der Waals surface area (Å²) >= 11 is -2.51. The Bertz CT molecular complexity index is 1920. The van der Waals surface area contributed by atoms with Gasteiger partial charge in [0.2, 0.25) is 0 Å². The Balaban J connectivity index is 0.00000530. The first-order chi connectivity index (χ1) is 32.5. The molecule has 3 aromatic rings. The van der Waals surface area contributed by atoms with Crippen LogP contribution in [0, 0.1) is 27.8 Å². The molecule has 0 aliphatic rings. The molecule has 0 saturated heterocycles. The molecule has 0 aromatic heterocycles. The van der Waals surface area contributed by atoms with Crippen molar-refractivity contribution in [1.29, 1.82) is 0 Å². The molecule has 0 atom stereocenters. The first kappa shape index (κ1) is 62.0. The minimum atomic E-state index is -2.51. The molecular weight excluding hydrogens is 1080 g/mol. The zero-order chi connectivity index (χ0) is 51.7. The molecule has 0 spiro atoms. The average molecular weight is 1180 g/mol. The van der Waals surface area contributed by atoms with Crippen LogP contribution in [0.4, 0.5) is 11.4 Å². The summed E-state index contributed by atoms with van der Waals surface area (Å²) in [6, 6.07) is 12.3. The second kappa shape index (κ2) is 31.3. The number of nitrogens with zero attached hydrogens (tertiary/aromatic N) is 2. The van der Waals surface area contributed by atoms with Crippen LogP contribution in [-0.4, -0.2) is 35.9 Å². The molecule has 0 bridgehead atoms. The predicted molar refractivity (Wildman–Crippen MR) is 288 cm³/mol. The van der Waals surface area contributed by atoms with Crippen molar-refractivity contribution in [3.8, 4) is 23.0 Å². The molecule has 0 heterocycles. The van der Waals surface area contributed by atoms with Crippen molar-refractivity contribution in [3.05, 3.63) is 69.8 Å². The molecule has 386 valence electrons. The Kier molecular flexibility index (Phi) is 28.1. The summed E-state index contributed by atoms with van der Waals surface area (Å²) in [6.07, 6.45) is 28.7. The van der Waals surface area contributed by atoms with Crippen molar-refractivity contribution in [2.24, 2.45) is 9.98 Å². The molecule has 0 aliphatic heterocycles. The molecule has 0 radical (unpaired) electrons. The van der Waals surface area contributed by atoms with Gasteiger partial charge in [-0.3, -0.25) is 9.98 Å². The SMILES string of the molecule is CCCCCCCCCCCCOc1cc(N=Cc2cc(C(C)(C)C)cc(C(C)(C)C)c2O)c(N=Cc2cc(C(C)(C)C)cc(C(C)(C)C)c2O)cc1OCCCCCCCCCCCC.[O]=[U]=[O]. The monoisotopic (exact) mass is 1180 g/mol. The number of rotatable bonds is 28. The van der Waals surface area contributed by atoms with Gasteiger partial charge in [0.05, 0.1) is 24.6 Å². The van der Waals surface area contributed by atoms with E-state index in [1.165, 1.54) is 103 Å². The number of hydrogen-bond donors (Lipinski definition) is 2. The first-order valence-corrected chi connectivity index (χ1v) is 30.2. The van der Waals surface area contributed by atoms with Gasteiger partial charge in [-0.15, -0.1) is 0 Å². The Hall–Kier alpha value is -3.15. The van der Waals surface area contributed by atoms with E-state index in [0.29, 0.717) is 47.2 Å². The van der Waals surface area contributed by atoms with Gasteiger partial charge >= 0.3 is 32.3 Å². The van der Waals surface area contributed by atoms with Gasteiger partial charge in [0.15, 0.2) is 11.5 Å². The van der Waals surface area contributed by atoms with Gasteiger partial charge in [0.25, 0.3) is 0 Å². The number of aliphatic imine (C=N–C) groups is 2. The van der Waals surface area contributed by atoms with Crippen LogP contribution in [0.15, 0.2) is 46.4 Å². The standard InChI is InChI=1S/C60H96N2O4.2O.U/c1-15-17-19-21-23-25-27-29-31-33-35-65-53-41-51(61-43-45-37-47(57(3,4)5)39-49(55(45)63)59(9,10)11)52(42-54(53)66-36-34-32-30-28-26-24-22-20-18-16-2)62-44-46-38-48(58(6,7)8)40-50(56(46)64)60(12,13)14;;;/h37-44,63-64H,15-36H2,1-14H3;;;. The van der Waals surface area contributed by atoms with Crippen LogP contribution in [0.5, 0.6) is 23.0 Å². The Morgan fingerprint density at radius 3 is 0.971 bits per heavy atom. The van der Waals surface area contributed by atoms with Crippen LogP contribution in [0.1, 0.15) is 259 Å². The van der Waals surface area contributed by atoms with Crippen LogP contribution >= 0.6 is 0 Å². The molecule has 9 heteroatoms. The third-order valence-electron chi connectivity index (χ3n) is 12.9. The van der Waals surface area contributed by atoms with Gasteiger partial charge < -0.3 is 19.7 Å². The van der Waals surface area contributed by atoms with Gasteiger partial charge in [-0.05, 0) is 57.8 Å². The predicted octanol–water partition coefficient (Wildman–Crippen LogP) is 18.2. The number of hydrogen-bond acceptors (Lipinski definition) is 8. The van der Waals surface area contributed by atoms with Gasteiger partial charge in [-0.2, -0.15) is 0 Å². The molecule has 3 rings (SSSR count). The minimum absolute atomic E-state index is 0.135. The van der Waals surface area contributed by atoms with E-state index in [2.05, 4.69) is 109 Å². The van der Waals surface area contributed by atoms with Crippen LogP contribution in [0.3, 0.4) is 0 Å². The van der Waals surface area contributed by atoms with E-state index in [9.17, 15) is 10.2 Å². The molecule has 0 aliphatic carbocycles. The van der Waals surface area contributed by atoms with Crippen LogP contribution in [0.25, 0.3) is 0 Å². The molecule has 3 aromatic carbocycles. The van der Waals surface area contributed by atoms with Crippen LogP contribution < -0.4 is 9.47 Å². The number of benzene rings is 3. The van der Waals surface area contributed by atoms with E-state index in [-0.39, 0.29) is 33.2 Å². The zero-order valence-corrected chi connectivity index (χ0v) is 50.3. The van der Waals surface area contributed by atoms with E-state index < -0.39 is 27.8 Å². The third-order valence-corrected chi connectivity index (χ3v) is 12.9. The van der Waals surface area contributed by atoms with Crippen molar-refractivity contribution in [3.63, 3.8) is 0 Å². The number of phenolic OH excluding ortho intramolecular Hbond substituents is 2. The van der Waals surface area contributed by atoms with Gasteiger partial charge in [-0.1, -0.05) is 225 Å². The number of aromatic hydroxyl groups is 2. The van der Waals surface area contributed by atoms with Gasteiger partial charge in [0.1, 0.15) is 11.5 Å². The number of ether oxygens (including phenoxy) is 2. The van der Waals surface area contributed by atoms with E-state index in [0.717, 1.165) is 47.9 Å². The summed E-state index contributed by atoms with van der Waals surface area (Å²) in [5.74, 6) is 1.77. The summed E-state index contributed by atoms with van der Waals surface area (Å²) < 4.78 is 30.4. The molecule has 69 heavy (non-hydrogen) atoms. The summed E-state index contributed by atoms with van der Waals surface area (Å²) in [5, 5.41) is 23.5. The Morgan fingerprint density at radius 1 is 0.435 bits per heavy atom. The van der Waals surface area contributed by atoms with Crippen LogP contribution in [0.2, 0.25) is 0 Å². The fourth-order valence-corrected chi connectivity index (χ4v) is 8.31. The maximum absolute atomic E-state index is 11.7. The maximum atomic E-state index is 11.7. The topological polar surface area (TPSA) is 118 Å². The quantitative estimate of drug-likeness (QED) is 0.0552. The second-order valence-electron chi connectivity index (χ2n) is 23.4. The zero-order valence-electron chi connectivity index (χ0n) is 46.1. The normalized spacial score (nSPS) is 12.4. The third kappa shape index (κ3) is 23.3. The average Bonchev–Trinajstić information content (AvgIpc) is 3.25. The number of unbranched alkanes of at least 4 members (excludes halogenated alkanes) is 18. The molecule has 2 N–H and O–H groups in total.